The van der Waals surface area contributed by atoms with Crippen LogP contribution in [0.4, 0.5) is 0 Å². The summed E-state index contributed by atoms with van der Waals surface area (Å²) in [5.41, 5.74) is 1.02. The van der Waals surface area contributed by atoms with E-state index in [1.165, 1.54) is 0 Å². The van der Waals surface area contributed by atoms with Crippen molar-refractivity contribution in [3.05, 3.63) is 23.8 Å². The molecule has 2 bridgehead atoms. The van der Waals surface area contributed by atoms with Gasteiger partial charge < -0.3 is 19.3 Å². The number of epoxide rings is 1. The van der Waals surface area contributed by atoms with E-state index in [9.17, 15) is 9.90 Å². The lowest BCUT2D eigenvalue weighted by Gasteiger charge is -2.27. The third-order valence-electron chi connectivity index (χ3n) is 5.02. The largest absolute Gasteiger partial charge is 0.454 e. The van der Waals surface area contributed by atoms with E-state index in [0.717, 1.165) is 24.8 Å². The number of hydrogen-bond donors (Lipinski definition) is 1. The fraction of sp³-hybridized carbons (Fsp3) is 0.667. The van der Waals surface area contributed by atoms with Gasteiger partial charge in [0.25, 0.3) is 0 Å². The number of aliphatic hydroxyl groups excluding tert-OH is 1. The second-order valence-corrected chi connectivity index (χ2v) is 6.13. The van der Waals surface area contributed by atoms with Gasteiger partial charge in [0.15, 0.2) is 6.29 Å². The van der Waals surface area contributed by atoms with Crippen LogP contribution in [0.2, 0.25) is 0 Å². The predicted molar refractivity (Wildman–Crippen MR) is 68.6 cm³/mol. The van der Waals surface area contributed by atoms with E-state index in [4.69, 9.17) is 14.2 Å². The number of fused-ring (bicyclic) bond motifs is 4. The Morgan fingerprint density at radius 1 is 1.40 bits per heavy atom. The fourth-order valence-electron chi connectivity index (χ4n) is 3.67. The maximum absolute atomic E-state index is 11.7. The third-order valence-corrected chi connectivity index (χ3v) is 5.02. The number of rotatable bonds is 0. The molecule has 0 saturated carbocycles. The quantitative estimate of drug-likeness (QED) is 0.311. The Hall–Kier alpha value is -1.17. The Balaban J connectivity index is 1.71. The van der Waals surface area contributed by atoms with Crippen LogP contribution in [0.3, 0.4) is 0 Å². The van der Waals surface area contributed by atoms with Gasteiger partial charge in [-0.2, -0.15) is 0 Å². The Morgan fingerprint density at radius 3 is 3.10 bits per heavy atom. The van der Waals surface area contributed by atoms with E-state index in [-0.39, 0.29) is 24.1 Å². The highest BCUT2D eigenvalue weighted by molar-refractivity contribution is 5.91. The monoisotopic (exact) mass is 278 g/mol. The van der Waals surface area contributed by atoms with E-state index >= 15 is 0 Å². The molecule has 5 nitrogen and oxygen atoms in total. The minimum Gasteiger partial charge on any atom is -0.454 e. The van der Waals surface area contributed by atoms with Crippen molar-refractivity contribution in [2.24, 2.45) is 5.92 Å². The maximum Gasteiger partial charge on any atom is 0.334 e. The van der Waals surface area contributed by atoms with Crippen LogP contribution in [0, 0.1) is 5.92 Å². The van der Waals surface area contributed by atoms with Crippen LogP contribution in [-0.4, -0.2) is 41.8 Å². The van der Waals surface area contributed by atoms with Crippen LogP contribution in [0.25, 0.3) is 0 Å². The third kappa shape index (κ3) is 1.70. The molecular formula is C15H18O5. The summed E-state index contributed by atoms with van der Waals surface area (Å²) in [5, 5.41) is 10.2. The summed E-state index contributed by atoms with van der Waals surface area (Å²) < 4.78 is 16.7. The van der Waals surface area contributed by atoms with Crippen molar-refractivity contribution in [2.45, 2.75) is 49.8 Å². The summed E-state index contributed by atoms with van der Waals surface area (Å²) in [6, 6.07) is 0. The van der Waals surface area contributed by atoms with Gasteiger partial charge in [-0.3, -0.25) is 0 Å². The Kier molecular flexibility index (Phi) is 2.61. The van der Waals surface area contributed by atoms with Crippen molar-refractivity contribution in [2.75, 3.05) is 6.61 Å². The highest BCUT2D eigenvalue weighted by atomic mass is 16.7. The van der Waals surface area contributed by atoms with Crippen molar-refractivity contribution < 1.29 is 24.1 Å². The van der Waals surface area contributed by atoms with Crippen molar-refractivity contribution >= 4 is 5.97 Å². The van der Waals surface area contributed by atoms with Crippen molar-refractivity contribution in [3.8, 4) is 0 Å². The zero-order chi connectivity index (χ0) is 13.9. The van der Waals surface area contributed by atoms with E-state index in [0.29, 0.717) is 18.6 Å². The summed E-state index contributed by atoms with van der Waals surface area (Å²) in [6.07, 6.45) is 4.03. The zero-order valence-corrected chi connectivity index (χ0v) is 11.2. The molecule has 0 aromatic rings. The minimum atomic E-state index is -0.890. The normalized spacial score (nSPS) is 47.0. The standard InChI is InChI=1S/C15H18O5/c1-8-10-4-5-15-12(20-15)3-2-9(7-18-14(15)17)6-11(10)19-13(8)16/h6,10-12,14,17H,1-5,7H2. The van der Waals surface area contributed by atoms with Gasteiger partial charge in [-0.1, -0.05) is 6.58 Å². The second-order valence-electron chi connectivity index (χ2n) is 6.13. The topological polar surface area (TPSA) is 68.3 Å². The molecule has 5 aliphatic rings. The molecule has 3 fully saturated rings. The van der Waals surface area contributed by atoms with Gasteiger partial charge >= 0.3 is 5.97 Å². The zero-order valence-electron chi connectivity index (χ0n) is 11.2. The SMILES string of the molecule is C=C1C(=O)OC2C=C3CCC4OC4(CCC12)C(O)OC3. The van der Waals surface area contributed by atoms with Crippen LogP contribution in [0.5, 0.6) is 0 Å². The molecule has 5 atom stereocenters. The smallest absolute Gasteiger partial charge is 0.334 e. The molecule has 1 spiro atoms. The van der Waals surface area contributed by atoms with Gasteiger partial charge in [0, 0.05) is 11.5 Å². The summed E-state index contributed by atoms with van der Waals surface area (Å²) in [6.45, 7) is 4.22. The van der Waals surface area contributed by atoms with Gasteiger partial charge in [0.1, 0.15) is 11.7 Å². The number of carbonyl (C=O) groups excluding carboxylic acids is 1. The van der Waals surface area contributed by atoms with Gasteiger partial charge in [-0.15, -0.1) is 0 Å². The van der Waals surface area contributed by atoms with Crippen LogP contribution in [-0.2, 0) is 19.0 Å². The van der Waals surface area contributed by atoms with Crippen molar-refractivity contribution in [1.29, 1.82) is 0 Å². The van der Waals surface area contributed by atoms with Gasteiger partial charge in [-0.25, -0.2) is 4.79 Å². The Morgan fingerprint density at radius 2 is 2.25 bits per heavy atom. The lowest BCUT2D eigenvalue weighted by molar-refractivity contribution is -0.142. The molecule has 5 heteroatoms. The molecule has 108 valence electrons. The lowest BCUT2D eigenvalue weighted by atomic mass is 9.83. The molecule has 1 N–H and O–H groups in total. The molecule has 3 saturated heterocycles. The maximum atomic E-state index is 11.7. The lowest BCUT2D eigenvalue weighted by Crippen LogP contribution is -2.38. The molecule has 0 radical (unpaired) electrons. The molecule has 20 heavy (non-hydrogen) atoms. The number of hydrogen-bond acceptors (Lipinski definition) is 5. The minimum absolute atomic E-state index is 0.0115. The van der Waals surface area contributed by atoms with Gasteiger partial charge in [0.2, 0.25) is 0 Å². The van der Waals surface area contributed by atoms with E-state index in [1.54, 1.807) is 0 Å². The first kappa shape index (κ1) is 12.6. The number of carbonyl (C=O) groups is 1. The first-order chi connectivity index (χ1) is 9.60. The highest BCUT2D eigenvalue weighted by Crippen LogP contribution is 2.50. The molecular weight excluding hydrogens is 260 g/mol. The predicted octanol–water partition coefficient (Wildman–Crippen LogP) is 1.07. The average Bonchev–Trinajstić information content (AvgIpc) is 3.06. The molecule has 4 aliphatic heterocycles. The number of aliphatic hydroxyl groups is 1. The van der Waals surface area contributed by atoms with Crippen molar-refractivity contribution in [3.63, 3.8) is 0 Å². The first-order valence-corrected chi connectivity index (χ1v) is 7.17. The van der Waals surface area contributed by atoms with E-state index < -0.39 is 11.9 Å². The number of esters is 1. The van der Waals surface area contributed by atoms with Gasteiger partial charge in [-0.05, 0) is 37.3 Å². The van der Waals surface area contributed by atoms with Crippen molar-refractivity contribution in [1.82, 2.24) is 0 Å². The van der Waals surface area contributed by atoms with Crippen LogP contribution < -0.4 is 0 Å². The van der Waals surface area contributed by atoms with Crippen LogP contribution >= 0.6 is 0 Å². The summed E-state index contributed by atoms with van der Waals surface area (Å²) in [7, 11) is 0. The van der Waals surface area contributed by atoms with Gasteiger partial charge in [0.05, 0.1) is 12.7 Å². The Labute approximate surface area is 117 Å². The highest BCUT2D eigenvalue weighted by Gasteiger charge is 2.62. The fourth-order valence-corrected chi connectivity index (χ4v) is 3.67. The second kappa shape index (κ2) is 4.16. The molecule has 5 unspecified atom stereocenters. The molecule has 0 aromatic carbocycles. The van der Waals surface area contributed by atoms with E-state index in [1.807, 2.05) is 6.08 Å². The summed E-state index contributed by atoms with van der Waals surface area (Å²) in [4.78, 5) is 11.7. The molecule has 5 rings (SSSR count). The number of ether oxygens (including phenoxy) is 3. The summed E-state index contributed by atoms with van der Waals surface area (Å²) >= 11 is 0. The van der Waals surface area contributed by atoms with Crippen LogP contribution in [0.1, 0.15) is 25.7 Å². The molecule has 0 aromatic heterocycles. The Bertz CT molecular complexity index is 510. The summed E-state index contributed by atoms with van der Waals surface area (Å²) in [5.74, 6) is -0.319. The van der Waals surface area contributed by atoms with Crippen LogP contribution in [0.15, 0.2) is 23.8 Å². The van der Waals surface area contributed by atoms with E-state index in [2.05, 4.69) is 6.58 Å². The molecule has 4 heterocycles. The first-order valence-electron chi connectivity index (χ1n) is 7.17. The molecule has 0 amide bonds. The average molecular weight is 278 g/mol. The molecule has 1 aliphatic carbocycles.